The lowest BCUT2D eigenvalue weighted by atomic mass is 10.1. The third-order valence-corrected chi connectivity index (χ3v) is 4.38. The minimum atomic E-state index is -0.974. The van der Waals surface area contributed by atoms with Crippen molar-refractivity contribution >= 4 is 29.3 Å². The Kier molecular flexibility index (Phi) is 5.40. The maximum atomic E-state index is 12.3. The molecule has 0 aromatic heterocycles. The van der Waals surface area contributed by atoms with Gasteiger partial charge in [0.05, 0.1) is 5.56 Å². The molecular formula is C20H21N3O4. The van der Waals surface area contributed by atoms with Crippen molar-refractivity contribution in [3.63, 3.8) is 0 Å². The van der Waals surface area contributed by atoms with Crippen molar-refractivity contribution in [3.05, 3.63) is 59.2 Å². The Hall–Kier alpha value is -3.35. The first-order valence-electron chi connectivity index (χ1n) is 8.72. The van der Waals surface area contributed by atoms with E-state index in [0.29, 0.717) is 11.4 Å². The SMILES string of the molecule is C[C@H](OC(=O)c1cccc(NC(N)=O)c1)C(=O)Nc1ccc2c(c1)CCC2. The molecule has 0 saturated carbocycles. The number of hydrogen-bond donors (Lipinski definition) is 3. The van der Waals surface area contributed by atoms with Crippen LogP contribution in [0, 0.1) is 0 Å². The fraction of sp³-hybridized carbons (Fsp3) is 0.250. The van der Waals surface area contributed by atoms with Crippen LogP contribution in [0.25, 0.3) is 0 Å². The molecule has 3 amide bonds. The number of rotatable bonds is 5. The minimum absolute atomic E-state index is 0.207. The van der Waals surface area contributed by atoms with Gasteiger partial charge in [-0.2, -0.15) is 0 Å². The Bertz CT molecular complexity index is 895. The molecule has 0 unspecified atom stereocenters. The van der Waals surface area contributed by atoms with E-state index < -0.39 is 24.0 Å². The molecule has 1 aliphatic carbocycles. The Morgan fingerprint density at radius 3 is 2.52 bits per heavy atom. The molecule has 0 spiro atoms. The maximum absolute atomic E-state index is 12.3. The summed E-state index contributed by atoms with van der Waals surface area (Å²) in [6.45, 7) is 1.51. The first-order valence-corrected chi connectivity index (χ1v) is 8.72. The fourth-order valence-electron chi connectivity index (χ4n) is 3.04. The van der Waals surface area contributed by atoms with E-state index in [1.807, 2.05) is 18.2 Å². The van der Waals surface area contributed by atoms with Gasteiger partial charge in [-0.05, 0) is 67.6 Å². The second-order valence-corrected chi connectivity index (χ2v) is 6.44. The van der Waals surface area contributed by atoms with Crippen LogP contribution in [0.5, 0.6) is 0 Å². The molecule has 3 rings (SSSR count). The molecule has 7 heteroatoms. The number of nitrogens with one attached hydrogen (secondary N) is 2. The molecule has 0 aliphatic heterocycles. The van der Waals surface area contributed by atoms with E-state index in [1.54, 1.807) is 12.1 Å². The van der Waals surface area contributed by atoms with Crippen LogP contribution in [0.1, 0.15) is 34.8 Å². The maximum Gasteiger partial charge on any atom is 0.338 e. The van der Waals surface area contributed by atoms with Gasteiger partial charge in [-0.15, -0.1) is 0 Å². The highest BCUT2D eigenvalue weighted by Crippen LogP contribution is 2.25. The van der Waals surface area contributed by atoms with Crippen molar-refractivity contribution in [3.8, 4) is 0 Å². The Morgan fingerprint density at radius 1 is 1.00 bits per heavy atom. The van der Waals surface area contributed by atoms with E-state index in [9.17, 15) is 14.4 Å². The number of ether oxygens (including phenoxy) is 1. The molecule has 140 valence electrons. The third kappa shape index (κ3) is 4.63. The number of amides is 3. The monoisotopic (exact) mass is 367 g/mol. The Morgan fingerprint density at radius 2 is 1.74 bits per heavy atom. The molecule has 0 radical (unpaired) electrons. The molecule has 0 fully saturated rings. The molecule has 0 heterocycles. The number of primary amides is 1. The minimum Gasteiger partial charge on any atom is -0.449 e. The largest absolute Gasteiger partial charge is 0.449 e. The summed E-state index contributed by atoms with van der Waals surface area (Å²) in [5.74, 6) is -1.08. The van der Waals surface area contributed by atoms with Gasteiger partial charge in [0.15, 0.2) is 6.10 Å². The number of nitrogens with two attached hydrogens (primary N) is 1. The molecule has 7 nitrogen and oxygen atoms in total. The lowest BCUT2D eigenvalue weighted by Crippen LogP contribution is -2.30. The summed E-state index contributed by atoms with van der Waals surface area (Å²) in [6, 6.07) is 11.2. The van der Waals surface area contributed by atoms with Crippen molar-refractivity contribution < 1.29 is 19.1 Å². The zero-order chi connectivity index (χ0) is 19.4. The summed E-state index contributed by atoms with van der Waals surface area (Å²) >= 11 is 0. The van der Waals surface area contributed by atoms with Gasteiger partial charge < -0.3 is 21.1 Å². The summed E-state index contributed by atoms with van der Waals surface area (Å²) in [5.41, 5.74) is 8.89. The van der Waals surface area contributed by atoms with Crippen molar-refractivity contribution in [2.75, 3.05) is 10.6 Å². The summed E-state index contributed by atoms with van der Waals surface area (Å²) in [4.78, 5) is 35.5. The highest BCUT2D eigenvalue weighted by Gasteiger charge is 2.20. The van der Waals surface area contributed by atoms with Gasteiger partial charge in [0.25, 0.3) is 5.91 Å². The third-order valence-electron chi connectivity index (χ3n) is 4.38. The highest BCUT2D eigenvalue weighted by molar-refractivity contribution is 5.98. The molecule has 27 heavy (non-hydrogen) atoms. The van der Waals surface area contributed by atoms with Crippen molar-refractivity contribution in [2.45, 2.75) is 32.3 Å². The number of carbonyl (C=O) groups excluding carboxylic acids is 3. The van der Waals surface area contributed by atoms with Gasteiger partial charge in [-0.1, -0.05) is 12.1 Å². The van der Waals surface area contributed by atoms with E-state index in [1.165, 1.54) is 30.2 Å². The van der Waals surface area contributed by atoms with E-state index in [4.69, 9.17) is 10.5 Å². The zero-order valence-electron chi connectivity index (χ0n) is 15.0. The average molecular weight is 367 g/mol. The summed E-state index contributed by atoms with van der Waals surface area (Å²) < 4.78 is 5.23. The molecule has 0 saturated heterocycles. The topological polar surface area (TPSA) is 111 Å². The Balaban J connectivity index is 1.60. The van der Waals surface area contributed by atoms with Crippen molar-refractivity contribution in [2.24, 2.45) is 5.73 Å². The quantitative estimate of drug-likeness (QED) is 0.706. The second kappa shape index (κ2) is 7.90. The van der Waals surface area contributed by atoms with Crippen LogP contribution in [0.3, 0.4) is 0 Å². The van der Waals surface area contributed by atoms with Crippen LogP contribution < -0.4 is 16.4 Å². The first kappa shape index (κ1) is 18.4. The van der Waals surface area contributed by atoms with E-state index in [-0.39, 0.29) is 5.56 Å². The number of esters is 1. The number of fused-ring (bicyclic) bond motifs is 1. The predicted molar refractivity (Wildman–Crippen MR) is 102 cm³/mol. The zero-order valence-corrected chi connectivity index (χ0v) is 15.0. The molecule has 2 aromatic carbocycles. The standard InChI is InChI=1S/C20H21N3O4/c1-12(18(24)22-17-9-8-13-4-2-5-14(13)10-17)27-19(25)15-6-3-7-16(11-15)23-20(21)26/h3,6-12H,2,4-5H2,1H3,(H,22,24)(H3,21,23,26)/t12-/m0/s1. The lowest BCUT2D eigenvalue weighted by Gasteiger charge is -2.14. The van der Waals surface area contributed by atoms with Gasteiger partial charge in [0.2, 0.25) is 0 Å². The molecule has 0 bridgehead atoms. The van der Waals surface area contributed by atoms with E-state index in [2.05, 4.69) is 10.6 Å². The summed E-state index contributed by atoms with van der Waals surface area (Å²) in [7, 11) is 0. The van der Waals surface area contributed by atoms with Gasteiger partial charge in [0.1, 0.15) is 0 Å². The van der Waals surface area contributed by atoms with Crippen molar-refractivity contribution in [1.29, 1.82) is 0 Å². The highest BCUT2D eigenvalue weighted by atomic mass is 16.5. The van der Waals surface area contributed by atoms with Gasteiger partial charge in [0, 0.05) is 11.4 Å². The number of hydrogen-bond acceptors (Lipinski definition) is 4. The van der Waals surface area contributed by atoms with Gasteiger partial charge in [-0.3, -0.25) is 4.79 Å². The number of urea groups is 1. The van der Waals surface area contributed by atoms with Crippen LogP contribution >= 0.6 is 0 Å². The van der Waals surface area contributed by atoms with Crippen LogP contribution in [-0.4, -0.2) is 24.0 Å². The molecule has 2 aromatic rings. The number of anilines is 2. The summed E-state index contributed by atoms with van der Waals surface area (Å²) in [6.07, 6.45) is 2.24. The number of aryl methyl sites for hydroxylation is 2. The lowest BCUT2D eigenvalue weighted by molar-refractivity contribution is -0.123. The van der Waals surface area contributed by atoms with Gasteiger partial charge in [-0.25, -0.2) is 9.59 Å². The fourth-order valence-corrected chi connectivity index (χ4v) is 3.04. The first-order chi connectivity index (χ1) is 12.9. The molecule has 1 aliphatic rings. The summed E-state index contributed by atoms with van der Waals surface area (Å²) in [5, 5.41) is 5.16. The average Bonchev–Trinajstić information content (AvgIpc) is 3.09. The Labute approximate surface area is 156 Å². The van der Waals surface area contributed by atoms with E-state index >= 15 is 0 Å². The van der Waals surface area contributed by atoms with Gasteiger partial charge >= 0.3 is 12.0 Å². The number of carbonyl (C=O) groups is 3. The number of benzene rings is 2. The van der Waals surface area contributed by atoms with E-state index in [0.717, 1.165) is 19.3 Å². The normalized spacial score (nSPS) is 13.4. The van der Waals surface area contributed by atoms with Crippen molar-refractivity contribution in [1.82, 2.24) is 0 Å². The van der Waals surface area contributed by atoms with Crippen LogP contribution in [0.4, 0.5) is 16.2 Å². The molecule has 1 atom stereocenters. The van der Waals surface area contributed by atoms with Crippen LogP contribution in [0.2, 0.25) is 0 Å². The van der Waals surface area contributed by atoms with Crippen LogP contribution in [-0.2, 0) is 22.4 Å². The molecular weight excluding hydrogens is 346 g/mol. The smallest absolute Gasteiger partial charge is 0.338 e. The van der Waals surface area contributed by atoms with Crippen LogP contribution in [0.15, 0.2) is 42.5 Å². The molecule has 4 N–H and O–H groups in total. The predicted octanol–water partition coefficient (Wildman–Crippen LogP) is 2.85. The second-order valence-electron chi connectivity index (χ2n) is 6.44.